The molecule has 0 radical (unpaired) electrons. The van der Waals surface area contributed by atoms with Gasteiger partial charge in [0.25, 0.3) is 0 Å². The van der Waals surface area contributed by atoms with Gasteiger partial charge < -0.3 is 14.2 Å². The van der Waals surface area contributed by atoms with E-state index in [0.29, 0.717) is 19.1 Å². The summed E-state index contributed by atoms with van der Waals surface area (Å²) < 4.78 is 8.15. The molecule has 2 aromatic heterocycles. The van der Waals surface area contributed by atoms with Gasteiger partial charge in [0.2, 0.25) is 0 Å². The summed E-state index contributed by atoms with van der Waals surface area (Å²) in [6.45, 7) is 7.41. The van der Waals surface area contributed by atoms with Crippen LogP contribution in [0.1, 0.15) is 28.0 Å². The zero-order valence-electron chi connectivity index (χ0n) is 15.0. The number of fused-ring (bicyclic) bond motifs is 1. The average Bonchev–Trinajstić information content (AvgIpc) is 3.11. The Balaban J connectivity index is 1.62. The molecule has 0 N–H and O–H groups in total. The van der Waals surface area contributed by atoms with Gasteiger partial charge in [-0.1, -0.05) is 0 Å². The molecule has 0 fully saturated rings. The van der Waals surface area contributed by atoms with Crippen LogP contribution in [-0.2, 0) is 24.9 Å². The van der Waals surface area contributed by atoms with E-state index >= 15 is 0 Å². The van der Waals surface area contributed by atoms with Gasteiger partial charge in [-0.25, -0.2) is 9.97 Å². The van der Waals surface area contributed by atoms with E-state index in [1.54, 1.807) is 11.3 Å². The molecule has 0 bridgehead atoms. The number of hydrogen-bond donors (Lipinski definition) is 0. The molecule has 0 saturated heterocycles. The van der Waals surface area contributed by atoms with Crippen molar-refractivity contribution in [2.24, 2.45) is 7.05 Å². The third-order valence-electron chi connectivity index (χ3n) is 4.40. The molecule has 1 atom stereocenters. The summed E-state index contributed by atoms with van der Waals surface area (Å²) >= 11 is 1.67. The molecular formula is C17H27N5OS. The predicted octanol–water partition coefficient (Wildman–Crippen LogP) is 1.86. The summed E-state index contributed by atoms with van der Waals surface area (Å²) in [6, 6.07) is 0. The third kappa shape index (κ3) is 4.22. The highest BCUT2D eigenvalue weighted by molar-refractivity contribution is 7.09. The maximum absolute atomic E-state index is 5.99. The molecule has 1 aliphatic rings. The van der Waals surface area contributed by atoms with E-state index in [1.807, 2.05) is 13.3 Å². The van der Waals surface area contributed by atoms with Gasteiger partial charge in [0.05, 0.1) is 35.9 Å². The molecule has 0 saturated carbocycles. The van der Waals surface area contributed by atoms with Crippen LogP contribution in [-0.4, -0.2) is 64.7 Å². The Morgan fingerprint density at radius 2 is 2.25 bits per heavy atom. The summed E-state index contributed by atoms with van der Waals surface area (Å²) in [4.78, 5) is 13.8. The number of rotatable bonds is 7. The van der Waals surface area contributed by atoms with E-state index < -0.39 is 0 Å². The number of thiazole rings is 1. The number of nitrogens with zero attached hydrogens (tertiary/aromatic N) is 5. The number of hydrogen-bond acceptors (Lipinski definition) is 6. The van der Waals surface area contributed by atoms with Crippen LogP contribution in [0.3, 0.4) is 0 Å². The van der Waals surface area contributed by atoms with Crippen molar-refractivity contribution in [2.75, 3.05) is 40.3 Å². The molecule has 3 heterocycles. The average molecular weight is 350 g/mol. The minimum atomic E-state index is 0.364. The Hall–Kier alpha value is -1.28. The van der Waals surface area contributed by atoms with Crippen LogP contribution in [0.2, 0.25) is 0 Å². The molecule has 24 heavy (non-hydrogen) atoms. The predicted molar refractivity (Wildman–Crippen MR) is 96.3 cm³/mol. The summed E-state index contributed by atoms with van der Waals surface area (Å²) in [5.74, 6) is 0.364. The second-order valence-corrected chi connectivity index (χ2v) is 7.86. The lowest BCUT2D eigenvalue weighted by Crippen LogP contribution is -2.39. The Bertz CT molecular complexity index is 666. The van der Waals surface area contributed by atoms with E-state index in [9.17, 15) is 0 Å². The van der Waals surface area contributed by atoms with Gasteiger partial charge in [-0.2, -0.15) is 0 Å². The van der Waals surface area contributed by atoms with Crippen LogP contribution in [0.4, 0.5) is 0 Å². The van der Waals surface area contributed by atoms with Gasteiger partial charge in [-0.05, 0) is 21.0 Å². The largest absolute Gasteiger partial charge is 0.374 e. The van der Waals surface area contributed by atoms with Crippen molar-refractivity contribution in [1.29, 1.82) is 0 Å². The zero-order valence-corrected chi connectivity index (χ0v) is 15.8. The second-order valence-electron chi connectivity index (χ2n) is 6.80. The minimum Gasteiger partial charge on any atom is -0.374 e. The van der Waals surface area contributed by atoms with E-state index in [4.69, 9.17) is 4.74 Å². The SMILES string of the molecule is Cc1nc(COCC2CN(CCN(C)C)Cc3ncn(C)c32)cs1. The highest BCUT2D eigenvalue weighted by atomic mass is 32.1. The van der Waals surface area contributed by atoms with Crippen molar-refractivity contribution in [2.45, 2.75) is 26.0 Å². The fourth-order valence-corrected chi connectivity index (χ4v) is 3.83. The lowest BCUT2D eigenvalue weighted by molar-refractivity contribution is 0.0816. The highest BCUT2D eigenvalue weighted by Gasteiger charge is 2.29. The monoisotopic (exact) mass is 349 g/mol. The van der Waals surface area contributed by atoms with Crippen molar-refractivity contribution in [3.8, 4) is 0 Å². The normalized spacial score (nSPS) is 18.3. The molecule has 0 amide bonds. The highest BCUT2D eigenvalue weighted by Crippen LogP contribution is 2.27. The quantitative estimate of drug-likeness (QED) is 0.764. The Morgan fingerprint density at radius 1 is 1.42 bits per heavy atom. The maximum atomic E-state index is 5.99. The van der Waals surface area contributed by atoms with Gasteiger partial charge in [-0.3, -0.25) is 4.90 Å². The van der Waals surface area contributed by atoms with E-state index in [2.05, 4.69) is 50.9 Å². The molecule has 6 nitrogen and oxygen atoms in total. The van der Waals surface area contributed by atoms with Crippen molar-refractivity contribution in [1.82, 2.24) is 24.3 Å². The molecule has 1 aliphatic heterocycles. The zero-order chi connectivity index (χ0) is 17.1. The smallest absolute Gasteiger partial charge is 0.0949 e. The van der Waals surface area contributed by atoms with Gasteiger partial charge in [0.15, 0.2) is 0 Å². The summed E-state index contributed by atoms with van der Waals surface area (Å²) in [6.07, 6.45) is 1.93. The van der Waals surface area contributed by atoms with Gasteiger partial charge in [0.1, 0.15) is 0 Å². The lowest BCUT2D eigenvalue weighted by Gasteiger charge is -2.33. The van der Waals surface area contributed by atoms with Crippen LogP contribution in [0.15, 0.2) is 11.7 Å². The molecular weight excluding hydrogens is 322 g/mol. The molecule has 3 rings (SSSR count). The first-order chi connectivity index (χ1) is 11.5. The van der Waals surface area contributed by atoms with Crippen molar-refractivity contribution >= 4 is 11.3 Å². The summed E-state index contributed by atoms with van der Waals surface area (Å²) in [5.41, 5.74) is 3.55. The van der Waals surface area contributed by atoms with Gasteiger partial charge in [0, 0.05) is 50.2 Å². The van der Waals surface area contributed by atoms with Crippen molar-refractivity contribution in [3.63, 3.8) is 0 Å². The first-order valence-electron chi connectivity index (χ1n) is 8.39. The van der Waals surface area contributed by atoms with Crippen LogP contribution in [0, 0.1) is 6.92 Å². The number of imidazole rings is 1. The van der Waals surface area contributed by atoms with Crippen LogP contribution in [0.25, 0.3) is 0 Å². The fraction of sp³-hybridized carbons (Fsp3) is 0.647. The van der Waals surface area contributed by atoms with E-state index in [1.165, 1.54) is 11.4 Å². The third-order valence-corrected chi connectivity index (χ3v) is 5.22. The van der Waals surface area contributed by atoms with Crippen LogP contribution < -0.4 is 0 Å². The number of likely N-dealkylation sites (N-methyl/N-ethyl adjacent to an activating group) is 1. The molecule has 0 aromatic carbocycles. The minimum absolute atomic E-state index is 0.364. The lowest BCUT2D eigenvalue weighted by atomic mass is 9.99. The number of ether oxygens (including phenoxy) is 1. The Kier molecular flexibility index (Phi) is 5.65. The van der Waals surface area contributed by atoms with Crippen LogP contribution in [0.5, 0.6) is 0 Å². The maximum Gasteiger partial charge on any atom is 0.0949 e. The van der Waals surface area contributed by atoms with Gasteiger partial charge >= 0.3 is 0 Å². The fourth-order valence-electron chi connectivity index (χ4n) is 3.23. The molecule has 7 heteroatoms. The summed E-state index contributed by atoms with van der Waals surface area (Å²) in [5, 5.41) is 3.17. The summed E-state index contributed by atoms with van der Waals surface area (Å²) in [7, 11) is 6.32. The molecule has 132 valence electrons. The topological polar surface area (TPSA) is 46.4 Å². The van der Waals surface area contributed by atoms with Crippen LogP contribution >= 0.6 is 11.3 Å². The molecule has 0 aliphatic carbocycles. The van der Waals surface area contributed by atoms with E-state index in [0.717, 1.165) is 36.9 Å². The molecule has 0 spiro atoms. The molecule has 1 unspecified atom stereocenters. The van der Waals surface area contributed by atoms with Crippen molar-refractivity contribution in [3.05, 3.63) is 33.8 Å². The number of aromatic nitrogens is 3. The second kappa shape index (κ2) is 7.74. The van der Waals surface area contributed by atoms with Gasteiger partial charge in [-0.15, -0.1) is 11.3 Å². The molecule has 2 aromatic rings. The number of aryl methyl sites for hydroxylation is 2. The van der Waals surface area contributed by atoms with Crippen molar-refractivity contribution < 1.29 is 4.74 Å². The first kappa shape index (κ1) is 17.5. The Labute approximate surface area is 148 Å². The van der Waals surface area contributed by atoms with E-state index in [-0.39, 0.29) is 0 Å². The first-order valence-corrected chi connectivity index (χ1v) is 9.27. The standard InChI is InChI=1S/C17H27N5OS/c1-13-19-15(11-24-13)10-23-9-14-7-22(6-5-20(2)3)8-16-17(14)21(4)12-18-16/h11-12,14H,5-10H2,1-4H3. The Morgan fingerprint density at radius 3 is 2.96 bits per heavy atom.